The number of nitrogens with zero attached hydrogens (tertiary/aromatic N) is 1. The van der Waals surface area contributed by atoms with Crippen LogP contribution in [0.3, 0.4) is 0 Å². The molecule has 0 aromatic carbocycles. The minimum absolute atomic E-state index is 0.319. The van der Waals surface area contributed by atoms with Gasteiger partial charge >= 0.3 is 6.18 Å². The molecule has 1 aromatic rings. The van der Waals surface area contributed by atoms with Crippen molar-refractivity contribution in [2.75, 3.05) is 0 Å². The molecule has 1 unspecified atom stereocenters. The van der Waals surface area contributed by atoms with Gasteiger partial charge in [0, 0.05) is 6.20 Å². The highest BCUT2D eigenvalue weighted by molar-refractivity contribution is 5.18. The molecule has 0 spiro atoms. The van der Waals surface area contributed by atoms with Gasteiger partial charge in [-0.3, -0.25) is 4.98 Å². The summed E-state index contributed by atoms with van der Waals surface area (Å²) in [4.78, 5) is 3.66. The minimum atomic E-state index is -4.37. The Morgan fingerprint density at radius 1 is 1.38 bits per heavy atom. The molecule has 1 N–H and O–H groups in total. The summed E-state index contributed by atoms with van der Waals surface area (Å²) in [5.74, 6) is 0.513. The molecule has 0 amide bonds. The number of hydrogen-bond acceptors (Lipinski definition) is 2. The molecule has 1 aliphatic rings. The third-order valence-electron chi connectivity index (χ3n) is 2.71. The van der Waals surface area contributed by atoms with Gasteiger partial charge in [-0.25, -0.2) is 0 Å². The van der Waals surface area contributed by atoms with Crippen LogP contribution in [0.2, 0.25) is 0 Å². The molecule has 1 saturated carbocycles. The summed E-state index contributed by atoms with van der Waals surface area (Å²) in [5.41, 5.74) is -0.463. The smallest absolute Gasteiger partial charge is 0.387 e. The fraction of sp³-hybridized carbons (Fsp3) is 0.545. The maximum Gasteiger partial charge on any atom is 0.417 e. The Morgan fingerprint density at radius 2 is 2.06 bits per heavy atom. The van der Waals surface area contributed by atoms with Crippen molar-refractivity contribution < 1.29 is 18.3 Å². The predicted octanol–water partition coefficient (Wildman–Crippen LogP) is 2.93. The number of alkyl halides is 3. The normalized spacial score (nSPS) is 18.5. The largest absolute Gasteiger partial charge is 0.417 e. The van der Waals surface area contributed by atoms with Gasteiger partial charge in [-0.05, 0) is 24.5 Å². The average molecular weight is 231 g/mol. The van der Waals surface area contributed by atoms with E-state index in [9.17, 15) is 18.3 Å². The van der Waals surface area contributed by atoms with Crippen molar-refractivity contribution in [3.8, 4) is 0 Å². The lowest BCUT2D eigenvalue weighted by Gasteiger charge is -2.11. The van der Waals surface area contributed by atoms with Gasteiger partial charge in [0.05, 0.1) is 17.4 Å². The van der Waals surface area contributed by atoms with E-state index in [4.69, 9.17) is 0 Å². The maximum atomic E-state index is 12.2. The number of aliphatic hydroxyl groups excluding tert-OH is 1. The van der Waals surface area contributed by atoms with E-state index < -0.39 is 17.8 Å². The van der Waals surface area contributed by atoms with Crippen molar-refractivity contribution in [2.45, 2.75) is 31.5 Å². The van der Waals surface area contributed by atoms with Crippen LogP contribution in [0.4, 0.5) is 13.2 Å². The third kappa shape index (κ3) is 2.72. The fourth-order valence-corrected chi connectivity index (χ4v) is 1.56. The summed E-state index contributed by atoms with van der Waals surface area (Å²) in [6.45, 7) is 0. The topological polar surface area (TPSA) is 33.1 Å². The molecular weight excluding hydrogens is 219 g/mol. The van der Waals surface area contributed by atoms with Crippen molar-refractivity contribution in [1.82, 2.24) is 4.98 Å². The van der Waals surface area contributed by atoms with Crippen LogP contribution in [-0.2, 0) is 6.18 Å². The van der Waals surface area contributed by atoms with Crippen molar-refractivity contribution in [3.63, 3.8) is 0 Å². The number of hydrogen-bond donors (Lipinski definition) is 1. The highest BCUT2D eigenvalue weighted by Gasteiger charge is 2.31. The lowest BCUT2D eigenvalue weighted by molar-refractivity contribution is -0.137. The quantitative estimate of drug-likeness (QED) is 0.867. The monoisotopic (exact) mass is 231 g/mol. The molecule has 1 aliphatic carbocycles. The molecule has 1 atom stereocenters. The Balaban J connectivity index is 2.05. The summed E-state index contributed by atoms with van der Waals surface area (Å²) in [6.07, 6.45) is -1.55. The highest BCUT2D eigenvalue weighted by atomic mass is 19.4. The fourth-order valence-electron chi connectivity index (χ4n) is 1.56. The second kappa shape index (κ2) is 4.05. The van der Waals surface area contributed by atoms with Gasteiger partial charge in [0.2, 0.25) is 0 Å². The Bertz CT molecular complexity index is 356. The first-order chi connectivity index (χ1) is 7.47. The molecule has 0 saturated heterocycles. The molecule has 2 nitrogen and oxygen atoms in total. The second-order valence-electron chi connectivity index (χ2n) is 4.16. The summed E-state index contributed by atoms with van der Waals surface area (Å²) in [7, 11) is 0. The molecule has 1 heterocycles. The van der Waals surface area contributed by atoms with E-state index in [1.807, 2.05) is 0 Å². The molecule has 0 radical (unpaired) electrons. The average Bonchev–Trinajstić information content (AvgIpc) is 3.00. The van der Waals surface area contributed by atoms with Crippen molar-refractivity contribution >= 4 is 0 Å². The first-order valence-electron chi connectivity index (χ1n) is 5.18. The summed E-state index contributed by atoms with van der Waals surface area (Å²) < 4.78 is 36.7. The first kappa shape index (κ1) is 11.4. The summed E-state index contributed by atoms with van der Waals surface area (Å²) >= 11 is 0. The maximum absolute atomic E-state index is 12.2. The van der Waals surface area contributed by atoms with Gasteiger partial charge in [0.15, 0.2) is 0 Å². The predicted molar refractivity (Wildman–Crippen MR) is 51.5 cm³/mol. The molecule has 2 rings (SSSR count). The van der Waals surface area contributed by atoms with Gasteiger partial charge in [-0.15, -0.1) is 0 Å². The lowest BCUT2D eigenvalue weighted by Crippen LogP contribution is -2.07. The molecule has 16 heavy (non-hydrogen) atoms. The molecule has 1 fully saturated rings. The van der Waals surface area contributed by atoms with Crippen LogP contribution in [0.5, 0.6) is 0 Å². The van der Waals surface area contributed by atoms with Crippen LogP contribution in [0.15, 0.2) is 18.3 Å². The molecule has 0 aliphatic heterocycles. The van der Waals surface area contributed by atoms with Crippen molar-refractivity contribution in [2.24, 2.45) is 5.92 Å². The summed E-state index contributed by atoms with van der Waals surface area (Å²) in [5, 5.41) is 9.68. The zero-order valence-electron chi connectivity index (χ0n) is 8.54. The minimum Gasteiger partial charge on any atom is -0.387 e. The van der Waals surface area contributed by atoms with E-state index in [0.717, 1.165) is 25.1 Å². The van der Waals surface area contributed by atoms with Crippen molar-refractivity contribution in [3.05, 3.63) is 29.6 Å². The molecule has 5 heteroatoms. The first-order valence-corrected chi connectivity index (χ1v) is 5.18. The SMILES string of the molecule is OC(CC1CC1)c1ccc(C(F)(F)F)cn1. The van der Waals surface area contributed by atoms with Crippen molar-refractivity contribution in [1.29, 1.82) is 0 Å². The van der Waals surface area contributed by atoms with Gasteiger partial charge in [-0.1, -0.05) is 12.8 Å². The number of aliphatic hydroxyl groups is 1. The highest BCUT2D eigenvalue weighted by Crippen LogP contribution is 2.37. The summed E-state index contributed by atoms with van der Waals surface area (Å²) in [6, 6.07) is 2.20. The number of pyridine rings is 1. The molecule has 1 aromatic heterocycles. The molecule has 88 valence electrons. The standard InChI is InChI=1S/C11H12F3NO/c12-11(13,14)8-3-4-9(15-6-8)10(16)5-7-1-2-7/h3-4,6-7,10,16H,1-2,5H2. The zero-order valence-corrected chi connectivity index (χ0v) is 8.54. The van der Waals surface area contributed by atoms with Gasteiger partial charge in [0.1, 0.15) is 0 Å². The van der Waals surface area contributed by atoms with Crippen LogP contribution in [-0.4, -0.2) is 10.1 Å². The van der Waals surface area contributed by atoms with E-state index in [2.05, 4.69) is 4.98 Å². The third-order valence-corrected chi connectivity index (χ3v) is 2.71. The van der Waals surface area contributed by atoms with Crippen LogP contribution in [0.25, 0.3) is 0 Å². The Hall–Kier alpha value is -1.10. The van der Waals surface area contributed by atoms with Crippen LogP contribution in [0.1, 0.15) is 36.6 Å². The van der Waals surface area contributed by atoms with Gasteiger partial charge < -0.3 is 5.11 Å². The number of halogens is 3. The lowest BCUT2D eigenvalue weighted by atomic mass is 10.1. The second-order valence-corrected chi connectivity index (χ2v) is 4.16. The number of aromatic nitrogens is 1. The van der Waals surface area contributed by atoms with Crippen LogP contribution in [0, 0.1) is 5.92 Å². The number of rotatable bonds is 3. The van der Waals surface area contributed by atoms with Crippen LogP contribution >= 0.6 is 0 Å². The Kier molecular flexibility index (Phi) is 2.88. The van der Waals surface area contributed by atoms with Crippen LogP contribution < -0.4 is 0 Å². The van der Waals surface area contributed by atoms with E-state index in [0.29, 0.717) is 18.0 Å². The molecule has 0 bridgehead atoms. The van der Waals surface area contributed by atoms with Gasteiger partial charge in [0.25, 0.3) is 0 Å². The zero-order chi connectivity index (χ0) is 11.8. The Morgan fingerprint density at radius 3 is 2.50 bits per heavy atom. The van der Waals surface area contributed by atoms with E-state index in [-0.39, 0.29) is 0 Å². The van der Waals surface area contributed by atoms with Gasteiger partial charge in [-0.2, -0.15) is 13.2 Å². The Labute approximate surface area is 91.1 Å². The molecular formula is C11H12F3NO. The van der Waals surface area contributed by atoms with E-state index in [1.54, 1.807) is 0 Å². The van der Waals surface area contributed by atoms with E-state index >= 15 is 0 Å². The van der Waals surface area contributed by atoms with E-state index in [1.165, 1.54) is 6.07 Å².